The van der Waals surface area contributed by atoms with Crippen LogP contribution in [-0.4, -0.2) is 24.3 Å². The van der Waals surface area contributed by atoms with Crippen LogP contribution in [0.2, 0.25) is 0 Å². The van der Waals surface area contributed by atoms with Crippen LogP contribution in [-0.2, 0) is 9.53 Å². The molecule has 0 aromatic rings. The van der Waals surface area contributed by atoms with E-state index in [4.69, 9.17) is 4.74 Å². The molecule has 2 amide bonds. The summed E-state index contributed by atoms with van der Waals surface area (Å²) in [6, 6.07) is 0. The minimum absolute atomic E-state index is 0.424. The highest BCUT2D eigenvalue weighted by Crippen LogP contribution is 2.06. The molecule has 0 aliphatic heterocycles. The summed E-state index contributed by atoms with van der Waals surface area (Å²) in [5, 5.41) is 4.80. The number of amides is 2. The lowest BCUT2D eigenvalue weighted by atomic mass is 10.2. The van der Waals surface area contributed by atoms with Crippen LogP contribution >= 0.6 is 0 Å². The second-order valence-corrected chi connectivity index (χ2v) is 3.65. The molecule has 0 saturated carbocycles. The Morgan fingerprint density at radius 1 is 1.46 bits per heavy atom. The van der Waals surface area contributed by atoms with Crippen molar-refractivity contribution in [2.75, 3.05) is 0 Å². The van der Waals surface area contributed by atoms with Gasteiger partial charge in [-0.25, -0.2) is 4.79 Å². The Hall–Kier alpha value is -1.26. The average molecular weight is 188 g/mol. The molecule has 5 heteroatoms. The second-order valence-electron chi connectivity index (χ2n) is 3.65. The third-order valence-electron chi connectivity index (χ3n) is 1.05. The van der Waals surface area contributed by atoms with E-state index < -0.39 is 17.9 Å². The molecular weight excluding hydrogens is 172 g/mol. The summed E-state index contributed by atoms with van der Waals surface area (Å²) in [7, 11) is 0. The van der Waals surface area contributed by atoms with Gasteiger partial charge in [0.15, 0.2) is 0 Å². The highest BCUT2D eigenvalue weighted by Gasteiger charge is 2.16. The van der Waals surface area contributed by atoms with E-state index in [9.17, 15) is 9.59 Å². The molecule has 2 N–H and O–H groups in total. The maximum Gasteiger partial charge on any atom is 0.409 e. The number of nitrogens with one attached hydrogen (secondary N) is 2. The summed E-state index contributed by atoms with van der Waals surface area (Å²) >= 11 is 0. The van der Waals surface area contributed by atoms with E-state index in [1.54, 1.807) is 27.7 Å². The number of hydrogen-bond acceptors (Lipinski definition) is 3. The molecule has 0 heterocycles. The van der Waals surface area contributed by atoms with Crippen LogP contribution in [0.25, 0.3) is 0 Å². The van der Waals surface area contributed by atoms with Gasteiger partial charge in [0, 0.05) is 0 Å². The minimum Gasteiger partial charge on any atom is -0.444 e. The molecule has 0 rings (SSSR count). The van der Waals surface area contributed by atoms with Gasteiger partial charge >= 0.3 is 6.09 Å². The van der Waals surface area contributed by atoms with Crippen LogP contribution in [0.3, 0.4) is 0 Å². The average Bonchev–Trinajstić information content (AvgIpc) is 1.81. The van der Waals surface area contributed by atoms with Gasteiger partial charge in [-0.15, -0.1) is 0 Å². The van der Waals surface area contributed by atoms with E-state index >= 15 is 0 Å². The molecule has 0 spiro atoms. The smallest absolute Gasteiger partial charge is 0.409 e. The predicted octanol–water partition coefficient (Wildman–Crippen LogP) is 0.603. The number of alkyl carbamates (subject to hydrolysis) is 1. The van der Waals surface area contributed by atoms with Crippen LogP contribution in [0, 0.1) is 0 Å². The van der Waals surface area contributed by atoms with E-state index in [0.29, 0.717) is 6.41 Å². The number of rotatable bonds is 3. The fourth-order valence-corrected chi connectivity index (χ4v) is 0.628. The molecule has 13 heavy (non-hydrogen) atoms. The Morgan fingerprint density at radius 3 is 2.38 bits per heavy atom. The molecule has 76 valence electrons. The quantitative estimate of drug-likeness (QED) is 0.503. The molecule has 0 aromatic carbocycles. The van der Waals surface area contributed by atoms with Crippen molar-refractivity contribution < 1.29 is 14.3 Å². The van der Waals surface area contributed by atoms with Gasteiger partial charge in [0.25, 0.3) is 0 Å². The largest absolute Gasteiger partial charge is 0.444 e. The molecular formula is C8H16N2O3. The first-order chi connectivity index (χ1) is 5.85. The SMILES string of the molecule is C[C@@H](NC=O)NC(=O)OC(C)(C)C. The molecule has 0 aliphatic carbocycles. The molecule has 0 aliphatic rings. The van der Waals surface area contributed by atoms with Gasteiger partial charge in [-0.2, -0.15) is 0 Å². The summed E-state index contributed by atoms with van der Waals surface area (Å²) in [6.45, 7) is 6.94. The van der Waals surface area contributed by atoms with Crippen molar-refractivity contribution in [2.45, 2.75) is 39.5 Å². The molecule has 5 nitrogen and oxygen atoms in total. The van der Waals surface area contributed by atoms with Crippen molar-refractivity contribution in [3.05, 3.63) is 0 Å². The summed E-state index contributed by atoms with van der Waals surface area (Å²) < 4.78 is 4.95. The molecule has 0 aromatic heterocycles. The van der Waals surface area contributed by atoms with E-state index in [0.717, 1.165) is 0 Å². The van der Waals surface area contributed by atoms with Crippen molar-refractivity contribution in [1.29, 1.82) is 0 Å². The Labute approximate surface area is 77.8 Å². The molecule has 0 radical (unpaired) electrons. The van der Waals surface area contributed by atoms with Crippen LogP contribution in [0.5, 0.6) is 0 Å². The van der Waals surface area contributed by atoms with Gasteiger partial charge in [-0.05, 0) is 27.7 Å². The molecule has 0 bridgehead atoms. The zero-order valence-electron chi connectivity index (χ0n) is 8.38. The third-order valence-corrected chi connectivity index (χ3v) is 1.05. The van der Waals surface area contributed by atoms with E-state index in [1.165, 1.54) is 0 Å². The first-order valence-corrected chi connectivity index (χ1v) is 4.04. The summed E-state index contributed by atoms with van der Waals surface area (Å²) in [5.74, 6) is 0. The lowest BCUT2D eigenvalue weighted by molar-refractivity contribution is -0.110. The number of carbonyl (C=O) groups excluding carboxylic acids is 2. The van der Waals surface area contributed by atoms with Crippen molar-refractivity contribution in [3.8, 4) is 0 Å². The third kappa shape index (κ3) is 7.11. The van der Waals surface area contributed by atoms with Crippen molar-refractivity contribution >= 4 is 12.5 Å². The number of ether oxygens (including phenoxy) is 1. The Bertz CT molecular complexity index is 186. The maximum atomic E-state index is 11.1. The highest BCUT2D eigenvalue weighted by atomic mass is 16.6. The number of hydrogen-bond donors (Lipinski definition) is 2. The van der Waals surface area contributed by atoms with Gasteiger partial charge in [0.05, 0.1) is 0 Å². The van der Waals surface area contributed by atoms with Crippen LogP contribution < -0.4 is 10.6 Å². The van der Waals surface area contributed by atoms with Gasteiger partial charge in [-0.3, -0.25) is 4.79 Å². The Morgan fingerprint density at radius 2 is 2.00 bits per heavy atom. The van der Waals surface area contributed by atoms with Crippen molar-refractivity contribution in [3.63, 3.8) is 0 Å². The van der Waals surface area contributed by atoms with Crippen molar-refractivity contribution in [2.24, 2.45) is 0 Å². The maximum absolute atomic E-state index is 11.1. The summed E-state index contributed by atoms with van der Waals surface area (Å²) in [6.07, 6.45) is -0.455. The standard InChI is InChI=1S/C8H16N2O3/c1-6(9-5-11)10-7(12)13-8(2,3)4/h5-6H,1-4H3,(H,9,11)(H,10,12)/t6-/m0/s1. The predicted molar refractivity (Wildman–Crippen MR) is 48.0 cm³/mol. The second kappa shape index (κ2) is 4.69. The Balaban J connectivity index is 3.81. The Kier molecular flexibility index (Phi) is 4.23. The van der Waals surface area contributed by atoms with Crippen LogP contribution in [0.15, 0.2) is 0 Å². The monoisotopic (exact) mass is 188 g/mol. The molecule has 0 unspecified atom stereocenters. The summed E-state index contributed by atoms with van der Waals surface area (Å²) in [4.78, 5) is 21.0. The lowest BCUT2D eigenvalue weighted by Gasteiger charge is -2.21. The van der Waals surface area contributed by atoms with Gasteiger partial charge in [0.2, 0.25) is 6.41 Å². The van der Waals surface area contributed by atoms with E-state index in [-0.39, 0.29) is 0 Å². The van der Waals surface area contributed by atoms with Crippen LogP contribution in [0.4, 0.5) is 4.79 Å². The van der Waals surface area contributed by atoms with Gasteiger partial charge in [-0.1, -0.05) is 0 Å². The fourth-order valence-electron chi connectivity index (χ4n) is 0.628. The lowest BCUT2D eigenvalue weighted by Crippen LogP contribution is -2.44. The molecule has 1 atom stereocenters. The van der Waals surface area contributed by atoms with Crippen LogP contribution in [0.1, 0.15) is 27.7 Å². The van der Waals surface area contributed by atoms with Crippen molar-refractivity contribution in [1.82, 2.24) is 10.6 Å². The zero-order valence-corrected chi connectivity index (χ0v) is 8.38. The normalized spacial score (nSPS) is 12.9. The molecule has 0 saturated heterocycles. The summed E-state index contributed by atoms with van der Waals surface area (Å²) in [5.41, 5.74) is -0.523. The first kappa shape index (κ1) is 11.7. The number of carbonyl (C=O) groups is 2. The minimum atomic E-state index is -0.547. The zero-order chi connectivity index (χ0) is 10.5. The highest BCUT2D eigenvalue weighted by molar-refractivity contribution is 5.68. The molecule has 0 fully saturated rings. The van der Waals surface area contributed by atoms with E-state index in [2.05, 4.69) is 10.6 Å². The first-order valence-electron chi connectivity index (χ1n) is 4.04. The van der Waals surface area contributed by atoms with E-state index in [1.807, 2.05) is 0 Å². The fraction of sp³-hybridized carbons (Fsp3) is 0.750. The topological polar surface area (TPSA) is 67.4 Å². The van der Waals surface area contributed by atoms with Gasteiger partial charge < -0.3 is 15.4 Å². The van der Waals surface area contributed by atoms with Gasteiger partial charge in [0.1, 0.15) is 11.8 Å².